The first-order valence-corrected chi connectivity index (χ1v) is 5.43. The van der Waals surface area contributed by atoms with Crippen LogP contribution in [-0.4, -0.2) is 30.0 Å². The first kappa shape index (κ1) is 10.6. The van der Waals surface area contributed by atoms with Gasteiger partial charge in [-0.1, -0.05) is 0 Å². The fourth-order valence-corrected chi connectivity index (χ4v) is 1.58. The number of tetrazole rings is 1. The van der Waals surface area contributed by atoms with Crippen LogP contribution in [0, 0.1) is 13.8 Å². The van der Waals surface area contributed by atoms with E-state index in [0.29, 0.717) is 23.9 Å². The summed E-state index contributed by atoms with van der Waals surface area (Å²) in [6.45, 7) is 4.25. The summed E-state index contributed by atoms with van der Waals surface area (Å²) >= 11 is 0. The van der Waals surface area contributed by atoms with E-state index >= 15 is 0 Å². The Hall–Kier alpha value is -2.51. The topological polar surface area (TPSA) is 94.0 Å². The normalized spacial score (nSPS) is 11.0. The van der Waals surface area contributed by atoms with Crippen LogP contribution in [0.4, 0.5) is 5.82 Å². The Morgan fingerprint density at radius 3 is 3.00 bits per heavy atom. The van der Waals surface area contributed by atoms with E-state index in [1.807, 2.05) is 13.8 Å². The molecular weight excluding hydrogens is 234 g/mol. The van der Waals surface area contributed by atoms with Crippen molar-refractivity contribution in [2.45, 2.75) is 20.4 Å². The summed E-state index contributed by atoms with van der Waals surface area (Å²) in [6.07, 6.45) is 3.23. The fourth-order valence-electron chi connectivity index (χ4n) is 1.58. The van der Waals surface area contributed by atoms with E-state index in [9.17, 15) is 0 Å². The molecular formula is C10H11N7O. The van der Waals surface area contributed by atoms with Crippen LogP contribution in [0.1, 0.15) is 17.3 Å². The number of aromatic nitrogens is 6. The van der Waals surface area contributed by atoms with Gasteiger partial charge in [0.25, 0.3) is 0 Å². The molecule has 0 amide bonds. The molecule has 0 unspecified atom stereocenters. The lowest BCUT2D eigenvalue weighted by Crippen LogP contribution is -2.06. The second-order valence-electron chi connectivity index (χ2n) is 3.84. The molecule has 0 saturated carbocycles. The van der Waals surface area contributed by atoms with Gasteiger partial charge in [0.1, 0.15) is 5.76 Å². The summed E-state index contributed by atoms with van der Waals surface area (Å²) in [5.74, 6) is 2.13. The van der Waals surface area contributed by atoms with Crippen LogP contribution in [-0.2, 0) is 6.54 Å². The largest absolute Gasteiger partial charge is 0.444 e. The number of anilines is 1. The second kappa shape index (κ2) is 4.06. The minimum atomic E-state index is 0.454. The van der Waals surface area contributed by atoms with Crippen molar-refractivity contribution in [3.63, 3.8) is 0 Å². The molecule has 0 spiro atoms. The average molecular weight is 245 g/mol. The highest BCUT2D eigenvalue weighted by Gasteiger charge is 2.07. The molecule has 18 heavy (non-hydrogen) atoms. The lowest BCUT2D eigenvalue weighted by molar-refractivity contribution is 0.478. The zero-order valence-corrected chi connectivity index (χ0v) is 9.95. The van der Waals surface area contributed by atoms with E-state index < -0.39 is 0 Å². The SMILES string of the molecule is Cc1nc(CNc2cncc3nnnn23)oc1C. The number of nitrogens with one attached hydrogen (secondary N) is 1. The minimum Gasteiger partial charge on any atom is -0.444 e. The van der Waals surface area contributed by atoms with Gasteiger partial charge < -0.3 is 9.73 Å². The molecule has 0 bridgehead atoms. The first-order chi connectivity index (χ1) is 8.74. The van der Waals surface area contributed by atoms with Crippen LogP contribution in [0.15, 0.2) is 16.8 Å². The van der Waals surface area contributed by atoms with Gasteiger partial charge in [-0.25, -0.2) is 4.98 Å². The summed E-state index contributed by atoms with van der Waals surface area (Å²) in [6, 6.07) is 0. The van der Waals surface area contributed by atoms with E-state index in [1.165, 1.54) is 0 Å². The standard InChI is InChI=1S/C10H11N7O/c1-6-7(2)18-10(13-6)5-12-8-3-11-4-9-14-15-16-17(8)9/h3-4,12H,5H2,1-2H3. The van der Waals surface area contributed by atoms with Crippen LogP contribution in [0.25, 0.3) is 5.65 Å². The number of fused-ring (bicyclic) bond motifs is 1. The molecule has 0 aliphatic rings. The molecule has 0 radical (unpaired) electrons. The van der Waals surface area contributed by atoms with Crippen molar-refractivity contribution in [3.8, 4) is 0 Å². The molecule has 0 aliphatic heterocycles. The van der Waals surface area contributed by atoms with Crippen molar-refractivity contribution >= 4 is 11.5 Å². The number of oxazole rings is 1. The van der Waals surface area contributed by atoms with Gasteiger partial charge in [0.2, 0.25) is 5.89 Å². The third-order valence-corrected chi connectivity index (χ3v) is 2.60. The average Bonchev–Trinajstić information content (AvgIpc) is 2.94. The molecule has 8 nitrogen and oxygen atoms in total. The van der Waals surface area contributed by atoms with Crippen LogP contribution in [0.3, 0.4) is 0 Å². The molecule has 0 saturated heterocycles. The Bertz CT molecular complexity index is 667. The predicted molar refractivity (Wildman–Crippen MR) is 61.9 cm³/mol. The van der Waals surface area contributed by atoms with Crippen molar-refractivity contribution in [1.82, 2.24) is 30.0 Å². The second-order valence-corrected chi connectivity index (χ2v) is 3.84. The van der Waals surface area contributed by atoms with Crippen LogP contribution >= 0.6 is 0 Å². The van der Waals surface area contributed by atoms with E-state index in [0.717, 1.165) is 11.5 Å². The van der Waals surface area contributed by atoms with Crippen molar-refractivity contribution in [1.29, 1.82) is 0 Å². The first-order valence-electron chi connectivity index (χ1n) is 5.43. The summed E-state index contributed by atoms with van der Waals surface area (Å²) in [5, 5.41) is 14.4. The van der Waals surface area contributed by atoms with Crippen molar-refractivity contribution in [2.75, 3.05) is 5.32 Å². The maximum atomic E-state index is 5.47. The molecule has 3 rings (SSSR count). The highest BCUT2D eigenvalue weighted by atomic mass is 16.4. The van der Waals surface area contributed by atoms with Gasteiger partial charge in [0.05, 0.1) is 24.6 Å². The van der Waals surface area contributed by atoms with Gasteiger partial charge in [0.15, 0.2) is 11.5 Å². The Balaban J connectivity index is 1.82. The third-order valence-electron chi connectivity index (χ3n) is 2.60. The molecule has 3 heterocycles. The zero-order valence-electron chi connectivity index (χ0n) is 9.95. The molecule has 92 valence electrons. The minimum absolute atomic E-state index is 0.454. The number of hydrogen-bond acceptors (Lipinski definition) is 7. The summed E-state index contributed by atoms with van der Waals surface area (Å²) in [7, 11) is 0. The number of nitrogens with zero attached hydrogens (tertiary/aromatic N) is 6. The van der Waals surface area contributed by atoms with E-state index in [-0.39, 0.29) is 0 Å². The molecule has 3 aromatic heterocycles. The monoisotopic (exact) mass is 245 g/mol. The maximum Gasteiger partial charge on any atom is 0.213 e. The number of rotatable bonds is 3. The predicted octanol–water partition coefficient (Wildman–Crippen LogP) is 0.736. The Morgan fingerprint density at radius 1 is 1.33 bits per heavy atom. The Kier molecular flexibility index (Phi) is 2.40. The highest BCUT2D eigenvalue weighted by molar-refractivity contribution is 5.43. The van der Waals surface area contributed by atoms with Gasteiger partial charge >= 0.3 is 0 Å². The van der Waals surface area contributed by atoms with Crippen molar-refractivity contribution in [2.24, 2.45) is 0 Å². The summed E-state index contributed by atoms with van der Waals surface area (Å²) < 4.78 is 7.04. The Morgan fingerprint density at radius 2 is 2.22 bits per heavy atom. The molecule has 1 N–H and O–H groups in total. The maximum absolute atomic E-state index is 5.47. The van der Waals surface area contributed by atoms with E-state index in [4.69, 9.17) is 4.42 Å². The number of hydrogen-bond donors (Lipinski definition) is 1. The molecule has 0 aliphatic carbocycles. The van der Waals surface area contributed by atoms with Gasteiger partial charge in [-0.15, -0.1) is 5.10 Å². The van der Waals surface area contributed by atoms with E-state index in [2.05, 4.69) is 30.8 Å². The van der Waals surface area contributed by atoms with Gasteiger partial charge in [-0.05, 0) is 24.3 Å². The lowest BCUT2D eigenvalue weighted by atomic mass is 10.4. The third kappa shape index (κ3) is 1.77. The van der Waals surface area contributed by atoms with Gasteiger partial charge in [0, 0.05) is 0 Å². The lowest BCUT2D eigenvalue weighted by Gasteiger charge is -2.03. The van der Waals surface area contributed by atoms with Crippen LogP contribution in [0.5, 0.6) is 0 Å². The van der Waals surface area contributed by atoms with E-state index in [1.54, 1.807) is 16.9 Å². The highest BCUT2D eigenvalue weighted by Crippen LogP contribution is 2.11. The molecule has 3 aromatic rings. The van der Waals surface area contributed by atoms with Crippen molar-refractivity contribution in [3.05, 3.63) is 29.7 Å². The van der Waals surface area contributed by atoms with Crippen LogP contribution in [0.2, 0.25) is 0 Å². The summed E-state index contributed by atoms with van der Waals surface area (Å²) in [4.78, 5) is 8.33. The fraction of sp³-hybridized carbons (Fsp3) is 0.300. The van der Waals surface area contributed by atoms with Gasteiger partial charge in [-0.2, -0.15) is 4.52 Å². The van der Waals surface area contributed by atoms with Crippen LogP contribution < -0.4 is 5.32 Å². The molecule has 8 heteroatoms. The molecule has 0 aromatic carbocycles. The van der Waals surface area contributed by atoms with Crippen molar-refractivity contribution < 1.29 is 4.42 Å². The number of aryl methyl sites for hydroxylation is 2. The summed E-state index contributed by atoms with van der Waals surface area (Å²) in [5.41, 5.74) is 1.48. The molecule has 0 fully saturated rings. The quantitative estimate of drug-likeness (QED) is 0.727. The van der Waals surface area contributed by atoms with Gasteiger partial charge in [-0.3, -0.25) is 4.98 Å². The Labute approximate surface area is 102 Å². The smallest absolute Gasteiger partial charge is 0.213 e. The zero-order chi connectivity index (χ0) is 12.5. The molecule has 0 atom stereocenters.